The summed E-state index contributed by atoms with van der Waals surface area (Å²) in [5, 5.41) is 27.2. The summed E-state index contributed by atoms with van der Waals surface area (Å²) in [5.74, 6) is 1.42. The summed E-state index contributed by atoms with van der Waals surface area (Å²) in [5.41, 5.74) is 4.65. The van der Waals surface area contributed by atoms with Crippen LogP contribution in [0, 0.1) is 11.3 Å². The standard InChI is InChI=1S/C25H18BrN7S/c26-21-7-4-8-22(13-21)33-25(34-17-20-5-2-1-3-6-20)23(15-28-33)24-29-30-31-32(24)16-19-11-9-18(14-27)10-12-19/h1-13,15H,16-17H2. The molecule has 166 valence electrons. The number of thioether (sulfide) groups is 1. The van der Waals surface area contributed by atoms with Crippen molar-refractivity contribution in [1.29, 1.82) is 5.26 Å². The molecule has 0 saturated carbocycles. The van der Waals surface area contributed by atoms with Gasteiger partial charge in [0, 0.05) is 10.2 Å². The average Bonchev–Trinajstić information content (AvgIpc) is 3.50. The number of rotatable bonds is 7. The summed E-state index contributed by atoms with van der Waals surface area (Å²) in [6, 6.07) is 27.9. The van der Waals surface area contributed by atoms with E-state index in [2.05, 4.69) is 49.7 Å². The monoisotopic (exact) mass is 527 g/mol. The van der Waals surface area contributed by atoms with Gasteiger partial charge >= 0.3 is 0 Å². The Morgan fingerprint density at radius 3 is 2.53 bits per heavy atom. The maximum atomic E-state index is 9.05. The Labute approximate surface area is 209 Å². The third-order valence-corrected chi connectivity index (χ3v) is 6.82. The van der Waals surface area contributed by atoms with Crippen LogP contribution in [-0.4, -0.2) is 30.0 Å². The average molecular weight is 528 g/mol. The molecule has 0 unspecified atom stereocenters. The number of hydrogen-bond acceptors (Lipinski definition) is 6. The van der Waals surface area contributed by atoms with Crippen LogP contribution < -0.4 is 0 Å². The molecule has 0 amide bonds. The highest BCUT2D eigenvalue weighted by molar-refractivity contribution is 9.10. The summed E-state index contributed by atoms with van der Waals surface area (Å²) in [6.07, 6.45) is 1.81. The molecule has 0 spiro atoms. The van der Waals surface area contributed by atoms with Gasteiger partial charge in [-0.1, -0.05) is 64.5 Å². The van der Waals surface area contributed by atoms with Crippen molar-refractivity contribution < 1.29 is 0 Å². The summed E-state index contributed by atoms with van der Waals surface area (Å²) in [6.45, 7) is 0.485. The van der Waals surface area contributed by atoms with Gasteiger partial charge in [-0.05, 0) is 51.9 Å². The summed E-state index contributed by atoms with van der Waals surface area (Å²) >= 11 is 5.25. The molecule has 0 aliphatic rings. The minimum absolute atomic E-state index is 0.485. The Balaban J connectivity index is 1.52. The minimum atomic E-state index is 0.485. The zero-order chi connectivity index (χ0) is 23.3. The van der Waals surface area contributed by atoms with Crippen LogP contribution in [0.2, 0.25) is 0 Å². The largest absolute Gasteiger partial charge is 0.226 e. The molecule has 5 rings (SSSR count). The maximum absolute atomic E-state index is 9.05. The van der Waals surface area contributed by atoms with Gasteiger partial charge in [0.2, 0.25) is 0 Å². The third kappa shape index (κ3) is 4.78. The van der Waals surface area contributed by atoms with E-state index < -0.39 is 0 Å². The minimum Gasteiger partial charge on any atom is -0.226 e. The Kier molecular flexibility index (Phi) is 6.51. The van der Waals surface area contributed by atoms with Crippen LogP contribution in [0.25, 0.3) is 17.1 Å². The predicted octanol–water partition coefficient (Wildman–Crippen LogP) is 5.50. The van der Waals surface area contributed by atoms with Crippen LogP contribution in [0.15, 0.2) is 94.6 Å². The van der Waals surface area contributed by atoms with Gasteiger partial charge in [0.25, 0.3) is 0 Å². The van der Waals surface area contributed by atoms with E-state index in [1.54, 1.807) is 28.6 Å². The zero-order valence-corrected chi connectivity index (χ0v) is 20.3. The number of halogens is 1. The second-order valence-corrected chi connectivity index (χ2v) is 9.38. The van der Waals surface area contributed by atoms with Gasteiger partial charge in [-0.15, -0.1) is 16.9 Å². The van der Waals surface area contributed by atoms with Gasteiger partial charge in [-0.25, -0.2) is 9.36 Å². The lowest BCUT2D eigenvalue weighted by Crippen LogP contribution is -2.05. The van der Waals surface area contributed by atoms with Crippen molar-refractivity contribution in [2.45, 2.75) is 17.3 Å². The highest BCUT2D eigenvalue weighted by Gasteiger charge is 2.20. The van der Waals surface area contributed by atoms with Gasteiger partial charge in [0.05, 0.1) is 35.6 Å². The summed E-state index contributed by atoms with van der Waals surface area (Å²) in [7, 11) is 0. The highest BCUT2D eigenvalue weighted by atomic mass is 79.9. The fourth-order valence-corrected chi connectivity index (χ4v) is 4.97. The van der Waals surface area contributed by atoms with Crippen molar-refractivity contribution in [3.05, 3.63) is 106 Å². The van der Waals surface area contributed by atoms with E-state index in [0.29, 0.717) is 17.9 Å². The van der Waals surface area contributed by atoms with Gasteiger partial charge in [0.1, 0.15) is 5.03 Å². The number of nitriles is 1. The molecule has 0 aliphatic heterocycles. The number of hydrogen-bond donors (Lipinski definition) is 0. The fraction of sp³-hybridized carbons (Fsp3) is 0.0800. The van der Waals surface area contributed by atoms with Crippen molar-refractivity contribution >= 4 is 27.7 Å². The first-order chi connectivity index (χ1) is 16.7. The molecule has 2 heterocycles. The fourth-order valence-electron chi connectivity index (χ4n) is 3.51. The zero-order valence-electron chi connectivity index (χ0n) is 17.9. The van der Waals surface area contributed by atoms with Crippen molar-refractivity contribution in [3.8, 4) is 23.1 Å². The Bertz CT molecular complexity index is 1450. The molecule has 0 fully saturated rings. The topological polar surface area (TPSA) is 85.2 Å². The molecule has 5 aromatic rings. The first-order valence-electron chi connectivity index (χ1n) is 10.5. The molecular weight excluding hydrogens is 510 g/mol. The van der Waals surface area contributed by atoms with Gasteiger partial charge in [-0.2, -0.15) is 10.4 Å². The number of benzene rings is 3. The molecule has 2 aromatic heterocycles. The van der Waals surface area contributed by atoms with Gasteiger partial charge < -0.3 is 0 Å². The van der Waals surface area contributed by atoms with Crippen LogP contribution in [0.4, 0.5) is 0 Å². The van der Waals surface area contributed by atoms with E-state index in [9.17, 15) is 0 Å². The Hall–Kier alpha value is -3.74. The maximum Gasteiger partial charge on any atom is 0.186 e. The molecule has 0 bridgehead atoms. The van der Waals surface area contributed by atoms with Crippen LogP contribution in [0.5, 0.6) is 0 Å². The van der Waals surface area contributed by atoms with Crippen LogP contribution in [-0.2, 0) is 12.3 Å². The lowest BCUT2D eigenvalue weighted by atomic mass is 10.1. The van der Waals surface area contributed by atoms with Crippen molar-refractivity contribution in [2.75, 3.05) is 0 Å². The second-order valence-electron chi connectivity index (χ2n) is 7.50. The summed E-state index contributed by atoms with van der Waals surface area (Å²) < 4.78 is 4.66. The molecule has 3 aromatic carbocycles. The molecule has 0 aliphatic carbocycles. The van der Waals surface area contributed by atoms with Crippen molar-refractivity contribution in [2.24, 2.45) is 0 Å². The number of tetrazole rings is 1. The molecule has 0 saturated heterocycles. The molecule has 0 radical (unpaired) electrons. The van der Waals surface area contributed by atoms with E-state index in [1.807, 2.05) is 65.5 Å². The highest BCUT2D eigenvalue weighted by Crippen LogP contribution is 2.34. The van der Waals surface area contributed by atoms with E-state index in [-0.39, 0.29) is 0 Å². The molecule has 9 heteroatoms. The van der Waals surface area contributed by atoms with Crippen molar-refractivity contribution in [3.63, 3.8) is 0 Å². The first kappa shape index (κ1) is 22.1. The molecule has 0 atom stereocenters. The van der Waals surface area contributed by atoms with E-state index in [0.717, 1.165) is 32.1 Å². The number of nitrogens with zero attached hydrogens (tertiary/aromatic N) is 7. The first-order valence-corrected chi connectivity index (χ1v) is 12.3. The van der Waals surface area contributed by atoms with Gasteiger partial charge in [0.15, 0.2) is 5.82 Å². The smallest absolute Gasteiger partial charge is 0.186 e. The van der Waals surface area contributed by atoms with Crippen LogP contribution >= 0.6 is 27.7 Å². The molecule has 34 heavy (non-hydrogen) atoms. The lowest BCUT2D eigenvalue weighted by molar-refractivity contribution is 0.652. The quantitative estimate of drug-likeness (QED) is 0.260. The normalized spacial score (nSPS) is 10.8. The van der Waals surface area contributed by atoms with E-state index >= 15 is 0 Å². The van der Waals surface area contributed by atoms with Crippen LogP contribution in [0.1, 0.15) is 16.7 Å². The SMILES string of the molecule is N#Cc1ccc(Cn2nnnc2-c2cnn(-c3cccc(Br)c3)c2SCc2ccccc2)cc1. The Morgan fingerprint density at radius 2 is 1.76 bits per heavy atom. The molecule has 0 N–H and O–H groups in total. The second kappa shape index (κ2) is 10.0. The van der Waals surface area contributed by atoms with Crippen molar-refractivity contribution in [1.82, 2.24) is 30.0 Å². The summed E-state index contributed by atoms with van der Waals surface area (Å²) in [4.78, 5) is 0. The van der Waals surface area contributed by atoms with E-state index in [4.69, 9.17) is 10.4 Å². The predicted molar refractivity (Wildman–Crippen MR) is 134 cm³/mol. The lowest BCUT2D eigenvalue weighted by Gasteiger charge is -2.10. The number of aromatic nitrogens is 6. The Morgan fingerprint density at radius 1 is 0.941 bits per heavy atom. The molecule has 7 nitrogen and oxygen atoms in total. The van der Waals surface area contributed by atoms with E-state index in [1.165, 1.54) is 5.56 Å². The third-order valence-electron chi connectivity index (χ3n) is 5.18. The molecular formula is C25H18BrN7S. The van der Waals surface area contributed by atoms with Crippen LogP contribution in [0.3, 0.4) is 0 Å². The van der Waals surface area contributed by atoms with Gasteiger partial charge in [-0.3, -0.25) is 0 Å².